The lowest BCUT2D eigenvalue weighted by Crippen LogP contribution is -2.08. The number of esters is 1. The average molecular weight is 260 g/mol. The van der Waals surface area contributed by atoms with E-state index in [1.54, 1.807) is 15.9 Å². The van der Waals surface area contributed by atoms with Crippen LogP contribution in [0.1, 0.15) is 32.6 Å². The smallest absolute Gasteiger partial charge is 0.312 e. The molecule has 1 rings (SSSR count). The molecule has 0 aliphatic rings. The second kappa shape index (κ2) is 5.86. The molecule has 0 saturated heterocycles. The number of aromatic nitrogens is 1. The van der Waals surface area contributed by atoms with Gasteiger partial charge < -0.3 is 4.74 Å². The lowest BCUT2D eigenvalue weighted by molar-refractivity contribution is -0.134. The van der Waals surface area contributed by atoms with Gasteiger partial charge in [-0.25, -0.2) is 0 Å². The average Bonchev–Trinajstić information content (AvgIpc) is 2.52. The van der Waals surface area contributed by atoms with E-state index in [1.165, 1.54) is 0 Å². The number of unbranched alkanes of at least 4 members (excludes halogenated alkanes) is 2. The van der Waals surface area contributed by atoms with E-state index in [-0.39, 0.29) is 5.97 Å². The van der Waals surface area contributed by atoms with Crippen LogP contribution in [-0.4, -0.2) is 9.56 Å². The van der Waals surface area contributed by atoms with Crippen LogP contribution in [0.2, 0.25) is 0 Å². The third kappa shape index (κ3) is 3.54. The molecular formula is C10H14BrNO2. The highest BCUT2D eigenvalue weighted by atomic mass is 79.9. The number of ether oxygens (including phenoxy) is 1. The summed E-state index contributed by atoms with van der Waals surface area (Å²) in [6.07, 6.45) is 5.35. The maximum atomic E-state index is 11.3. The predicted molar refractivity (Wildman–Crippen MR) is 58.5 cm³/mol. The number of carbonyl (C=O) groups is 1. The first kappa shape index (κ1) is 11.3. The highest BCUT2D eigenvalue weighted by Gasteiger charge is 2.06. The van der Waals surface area contributed by atoms with Gasteiger partial charge in [0.15, 0.2) is 0 Å². The Labute approximate surface area is 92.4 Å². The molecule has 3 nitrogen and oxygen atoms in total. The zero-order chi connectivity index (χ0) is 10.4. The molecule has 0 radical (unpaired) electrons. The van der Waals surface area contributed by atoms with Gasteiger partial charge in [-0.15, -0.1) is 0 Å². The van der Waals surface area contributed by atoms with Gasteiger partial charge in [0.05, 0.1) is 16.1 Å². The monoisotopic (exact) mass is 259 g/mol. The first-order valence-corrected chi connectivity index (χ1v) is 5.49. The highest BCUT2D eigenvalue weighted by molar-refractivity contribution is 9.08. The normalized spacial score (nSPS) is 10.1. The van der Waals surface area contributed by atoms with Crippen molar-refractivity contribution in [3.05, 3.63) is 18.3 Å². The molecule has 78 valence electrons. The van der Waals surface area contributed by atoms with Crippen molar-refractivity contribution in [2.75, 3.05) is 0 Å². The zero-order valence-corrected chi connectivity index (χ0v) is 9.79. The maximum absolute atomic E-state index is 11.3. The van der Waals surface area contributed by atoms with Gasteiger partial charge in [0.2, 0.25) is 5.88 Å². The van der Waals surface area contributed by atoms with Crippen LogP contribution in [-0.2, 0) is 4.79 Å². The third-order valence-electron chi connectivity index (χ3n) is 1.87. The molecule has 0 amide bonds. The molecule has 1 heterocycles. The summed E-state index contributed by atoms with van der Waals surface area (Å²) in [6, 6.07) is 3.55. The summed E-state index contributed by atoms with van der Waals surface area (Å²) in [5.41, 5.74) is 0. The summed E-state index contributed by atoms with van der Waals surface area (Å²) in [5.74, 6) is 0.365. The van der Waals surface area contributed by atoms with Gasteiger partial charge in [-0.2, -0.15) is 0 Å². The molecule has 4 heteroatoms. The van der Waals surface area contributed by atoms with E-state index in [9.17, 15) is 4.79 Å². The van der Waals surface area contributed by atoms with Crippen molar-refractivity contribution in [3.8, 4) is 5.88 Å². The van der Waals surface area contributed by atoms with Crippen molar-refractivity contribution in [2.24, 2.45) is 0 Å². The van der Waals surface area contributed by atoms with Crippen molar-refractivity contribution in [2.45, 2.75) is 32.6 Å². The Hall–Kier alpha value is -0.770. The Morgan fingerprint density at radius 2 is 2.36 bits per heavy atom. The molecule has 0 fully saturated rings. The van der Waals surface area contributed by atoms with Gasteiger partial charge in [0.25, 0.3) is 0 Å². The first-order chi connectivity index (χ1) is 6.74. The zero-order valence-electron chi connectivity index (χ0n) is 8.20. The molecule has 0 atom stereocenters. The predicted octanol–water partition coefficient (Wildman–Crippen LogP) is 3.13. The molecule has 1 aromatic rings. The standard InChI is InChI=1S/C10H14BrNO2/c1-2-3-4-7-10(13)14-9-6-5-8-12(9)11/h5-6,8H,2-4,7H2,1H3. The summed E-state index contributed by atoms with van der Waals surface area (Å²) in [4.78, 5) is 11.3. The van der Waals surface area contributed by atoms with Crippen molar-refractivity contribution in [1.82, 2.24) is 3.59 Å². The number of carbonyl (C=O) groups excluding carboxylic acids is 1. The topological polar surface area (TPSA) is 31.2 Å². The Bertz CT molecular complexity index is 296. The lowest BCUT2D eigenvalue weighted by Gasteiger charge is -2.03. The summed E-state index contributed by atoms with van der Waals surface area (Å²) in [7, 11) is 0. The van der Waals surface area contributed by atoms with E-state index >= 15 is 0 Å². The van der Waals surface area contributed by atoms with E-state index in [0.29, 0.717) is 12.3 Å². The van der Waals surface area contributed by atoms with Crippen LogP contribution < -0.4 is 4.74 Å². The van der Waals surface area contributed by atoms with E-state index in [1.807, 2.05) is 6.07 Å². The summed E-state index contributed by atoms with van der Waals surface area (Å²) < 4.78 is 6.71. The molecule has 0 aliphatic carbocycles. The SMILES string of the molecule is CCCCCC(=O)Oc1cccn1Br. The first-order valence-electron chi connectivity index (χ1n) is 4.78. The fraction of sp³-hybridized carbons (Fsp3) is 0.500. The van der Waals surface area contributed by atoms with Crippen LogP contribution in [0.15, 0.2) is 18.3 Å². The highest BCUT2D eigenvalue weighted by Crippen LogP contribution is 2.15. The van der Waals surface area contributed by atoms with Gasteiger partial charge in [0, 0.05) is 18.7 Å². The van der Waals surface area contributed by atoms with Crippen LogP contribution in [0.3, 0.4) is 0 Å². The molecule has 0 aromatic carbocycles. The minimum absolute atomic E-state index is 0.169. The van der Waals surface area contributed by atoms with Crippen molar-refractivity contribution >= 4 is 22.1 Å². The van der Waals surface area contributed by atoms with Crippen molar-refractivity contribution in [1.29, 1.82) is 0 Å². The van der Waals surface area contributed by atoms with Gasteiger partial charge in [-0.05, 0) is 12.5 Å². The molecule has 0 aliphatic heterocycles. The van der Waals surface area contributed by atoms with Gasteiger partial charge in [0.1, 0.15) is 0 Å². The Kier molecular flexibility index (Phi) is 4.73. The lowest BCUT2D eigenvalue weighted by atomic mass is 10.2. The largest absolute Gasteiger partial charge is 0.408 e. The number of hydrogen-bond acceptors (Lipinski definition) is 2. The summed E-state index contributed by atoms with van der Waals surface area (Å²) >= 11 is 3.22. The van der Waals surface area contributed by atoms with Gasteiger partial charge in [-0.1, -0.05) is 19.8 Å². The summed E-state index contributed by atoms with van der Waals surface area (Å²) in [6.45, 7) is 2.11. The minimum atomic E-state index is -0.169. The number of halogens is 1. The fourth-order valence-electron chi connectivity index (χ4n) is 1.11. The Morgan fingerprint density at radius 3 is 2.93 bits per heavy atom. The van der Waals surface area contributed by atoms with Crippen LogP contribution in [0, 0.1) is 0 Å². The molecule has 0 spiro atoms. The molecule has 0 unspecified atom stereocenters. The molecule has 0 N–H and O–H groups in total. The number of rotatable bonds is 5. The van der Waals surface area contributed by atoms with E-state index in [0.717, 1.165) is 19.3 Å². The van der Waals surface area contributed by atoms with Crippen LogP contribution >= 0.6 is 16.1 Å². The number of nitrogens with zero attached hydrogens (tertiary/aromatic N) is 1. The van der Waals surface area contributed by atoms with Crippen molar-refractivity contribution in [3.63, 3.8) is 0 Å². The fourth-order valence-corrected chi connectivity index (χ4v) is 1.44. The number of hydrogen-bond donors (Lipinski definition) is 0. The Balaban J connectivity index is 2.31. The van der Waals surface area contributed by atoms with E-state index in [2.05, 4.69) is 23.1 Å². The van der Waals surface area contributed by atoms with Gasteiger partial charge >= 0.3 is 5.97 Å². The van der Waals surface area contributed by atoms with Gasteiger partial charge in [-0.3, -0.25) is 8.39 Å². The molecular weight excluding hydrogens is 246 g/mol. The van der Waals surface area contributed by atoms with Crippen LogP contribution in [0.25, 0.3) is 0 Å². The summed E-state index contributed by atoms with van der Waals surface area (Å²) in [5, 5.41) is 0. The maximum Gasteiger partial charge on any atom is 0.312 e. The molecule has 1 aromatic heterocycles. The second-order valence-corrected chi connectivity index (χ2v) is 3.85. The van der Waals surface area contributed by atoms with Crippen LogP contribution in [0.4, 0.5) is 0 Å². The molecule has 0 bridgehead atoms. The molecule has 0 saturated carbocycles. The third-order valence-corrected chi connectivity index (χ3v) is 2.46. The minimum Gasteiger partial charge on any atom is -0.408 e. The Morgan fingerprint density at radius 1 is 1.57 bits per heavy atom. The van der Waals surface area contributed by atoms with Crippen LogP contribution in [0.5, 0.6) is 5.88 Å². The van der Waals surface area contributed by atoms with E-state index < -0.39 is 0 Å². The molecule has 14 heavy (non-hydrogen) atoms. The van der Waals surface area contributed by atoms with Crippen molar-refractivity contribution < 1.29 is 9.53 Å². The second-order valence-electron chi connectivity index (χ2n) is 3.09. The quantitative estimate of drug-likeness (QED) is 0.601. The van der Waals surface area contributed by atoms with E-state index in [4.69, 9.17) is 4.74 Å².